The van der Waals surface area contributed by atoms with Crippen molar-refractivity contribution in [1.29, 1.82) is 0 Å². The molecule has 2 fully saturated rings. The van der Waals surface area contributed by atoms with Gasteiger partial charge in [0.2, 0.25) is 15.9 Å². The van der Waals surface area contributed by atoms with Gasteiger partial charge in [-0.2, -0.15) is 0 Å². The number of sulfonamides is 1. The quantitative estimate of drug-likeness (QED) is 0.759. The highest BCUT2D eigenvalue weighted by atomic mass is 32.2. The van der Waals surface area contributed by atoms with Crippen LogP contribution in [-0.4, -0.2) is 85.2 Å². The summed E-state index contributed by atoms with van der Waals surface area (Å²) in [6, 6.07) is 0. The highest BCUT2D eigenvalue weighted by Gasteiger charge is 2.33. The van der Waals surface area contributed by atoms with Gasteiger partial charge in [0.15, 0.2) is 0 Å². The maximum atomic E-state index is 12.6. The molecule has 0 spiro atoms. The lowest BCUT2D eigenvalue weighted by atomic mass is 9.98. The first-order valence-electron chi connectivity index (χ1n) is 7.51. The number of carboxylic acid groups (broad SMARTS) is 1. The number of nitrogens with zero attached hydrogens (tertiary/aromatic N) is 3. The van der Waals surface area contributed by atoms with Crippen LogP contribution in [0.15, 0.2) is 0 Å². The third-order valence-electron chi connectivity index (χ3n) is 4.28. The highest BCUT2D eigenvalue weighted by molar-refractivity contribution is 7.88. The van der Waals surface area contributed by atoms with Gasteiger partial charge in [-0.05, 0) is 19.3 Å². The molecule has 2 aliphatic rings. The Morgan fingerprint density at radius 3 is 2.27 bits per heavy atom. The summed E-state index contributed by atoms with van der Waals surface area (Å²) in [6.45, 7) is 2.34. The molecule has 0 aliphatic carbocycles. The Labute approximate surface area is 130 Å². The largest absolute Gasteiger partial charge is 0.465 e. The van der Waals surface area contributed by atoms with E-state index < -0.39 is 16.1 Å². The maximum absolute atomic E-state index is 12.6. The fraction of sp³-hybridized carbons (Fsp3) is 0.846. The van der Waals surface area contributed by atoms with E-state index in [-0.39, 0.29) is 18.4 Å². The van der Waals surface area contributed by atoms with E-state index in [0.717, 1.165) is 6.26 Å². The Bertz CT molecular complexity index is 536. The SMILES string of the molecule is CS(=O)(=O)N1CCCC(C(=O)N2CCCN(C(=O)O)CC2)C1. The zero-order valence-electron chi connectivity index (χ0n) is 12.8. The summed E-state index contributed by atoms with van der Waals surface area (Å²) in [5.41, 5.74) is 0. The van der Waals surface area contributed by atoms with Gasteiger partial charge in [-0.25, -0.2) is 17.5 Å². The fourth-order valence-electron chi connectivity index (χ4n) is 3.03. The number of hydrogen-bond acceptors (Lipinski definition) is 4. The molecule has 22 heavy (non-hydrogen) atoms. The van der Waals surface area contributed by atoms with Gasteiger partial charge in [-0.3, -0.25) is 4.79 Å². The number of amides is 2. The Morgan fingerprint density at radius 2 is 1.64 bits per heavy atom. The number of carbonyl (C=O) groups is 2. The summed E-state index contributed by atoms with van der Waals surface area (Å²) in [7, 11) is -3.27. The standard InChI is InChI=1S/C13H23N3O5S/c1-22(20,21)16-7-2-4-11(10-16)12(17)14-5-3-6-15(9-8-14)13(18)19/h11H,2-10H2,1H3,(H,18,19). The van der Waals surface area contributed by atoms with Gasteiger partial charge in [-0.1, -0.05) is 0 Å². The lowest BCUT2D eigenvalue weighted by molar-refractivity contribution is -0.136. The summed E-state index contributed by atoms with van der Waals surface area (Å²) in [6.07, 6.45) is 2.18. The minimum absolute atomic E-state index is 0.0550. The van der Waals surface area contributed by atoms with Crippen molar-refractivity contribution in [2.75, 3.05) is 45.5 Å². The predicted octanol–water partition coefficient (Wildman–Crippen LogP) is -0.130. The molecule has 0 aromatic carbocycles. The third kappa shape index (κ3) is 4.10. The lowest BCUT2D eigenvalue weighted by Crippen LogP contribution is -2.47. The first-order chi connectivity index (χ1) is 10.3. The van der Waals surface area contributed by atoms with Crippen molar-refractivity contribution in [2.45, 2.75) is 19.3 Å². The molecule has 0 aromatic heterocycles. The summed E-state index contributed by atoms with van der Waals surface area (Å²) < 4.78 is 24.6. The van der Waals surface area contributed by atoms with Crippen LogP contribution in [0.4, 0.5) is 4.79 Å². The van der Waals surface area contributed by atoms with Crippen molar-refractivity contribution < 1.29 is 23.1 Å². The molecule has 0 bridgehead atoms. The average Bonchev–Trinajstić information content (AvgIpc) is 2.71. The zero-order valence-corrected chi connectivity index (χ0v) is 13.6. The molecule has 2 amide bonds. The normalized spacial score (nSPS) is 24.9. The number of rotatable bonds is 2. The molecule has 0 radical (unpaired) electrons. The average molecular weight is 333 g/mol. The smallest absolute Gasteiger partial charge is 0.407 e. The summed E-state index contributed by atoms with van der Waals surface area (Å²) >= 11 is 0. The van der Waals surface area contributed by atoms with Crippen molar-refractivity contribution >= 4 is 22.0 Å². The minimum atomic E-state index is -3.27. The molecule has 0 aromatic rings. The first-order valence-corrected chi connectivity index (χ1v) is 9.35. The van der Waals surface area contributed by atoms with Gasteiger partial charge in [0.05, 0.1) is 12.2 Å². The Kier molecular flexibility index (Phi) is 5.28. The van der Waals surface area contributed by atoms with Crippen molar-refractivity contribution in [3.63, 3.8) is 0 Å². The molecule has 2 heterocycles. The number of carbonyl (C=O) groups excluding carboxylic acids is 1. The van der Waals surface area contributed by atoms with Crippen LogP contribution in [0.25, 0.3) is 0 Å². The molecule has 1 N–H and O–H groups in total. The molecule has 2 saturated heterocycles. The van der Waals surface area contributed by atoms with E-state index in [9.17, 15) is 18.0 Å². The van der Waals surface area contributed by atoms with Crippen LogP contribution in [0.2, 0.25) is 0 Å². The van der Waals surface area contributed by atoms with E-state index in [0.29, 0.717) is 52.0 Å². The summed E-state index contributed by atoms with van der Waals surface area (Å²) in [4.78, 5) is 26.6. The van der Waals surface area contributed by atoms with Crippen LogP contribution in [0.5, 0.6) is 0 Å². The van der Waals surface area contributed by atoms with Gasteiger partial charge in [0.25, 0.3) is 0 Å². The molecule has 126 valence electrons. The van der Waals surface area contributed by atoms with Gasteiger partial charge >= 0.3 is 6.09 Å². The monoisotopic (exact) mass is 333 g/mol. The van der Waals surface area contributed by atoms with E-state index >= 15 is 0 Å². The molecule has 9 heteroatoms. The highest BCUT2D eigenvalue weighted by Crippen LogP contribution is 2.21. The van der Waals surface area contributed by atoms with Crippen molar-refractivity contribution in [3.05, 3.63) is 0 Å². The van der Waals surface area contributed by atoms with Crippen LogP contribution in [0.3, 0.4) is 0 Å². The van der Waals surface area contributed by atoms with Crippen LogP contribution < -0.4 is 0 Å². The van der Waals surface area contributed by atoms with Crippen LogP contribution >= 0.6 is 0 Å². The second kappa shape index (κ2) is 6.82. The Hall–Kier alpha value is -1.35. The molecule has 2 rings (SSSR count). The number of hydrogen-bond donors (Lipinski definition) is 1. The molecule has 0 saturated carbocycles. The zero-order chi connectivity index (χ0) is 16.3. The fourth-order valence-corrected chi connectivity index (χ4v) is 3.94. The van der Waals surface area contributed by atoms with E-state index in [1.807, 2.05) is 0 Å². The molecular formula is C13H23N3O5S. The minimum Gasteiger partial charge on any atom is -0.465 e. The second-order valence-electron chi connectivity index (χ2n) is 5.91. The van der Waals surface area contributed by atoms with E-state index in [1.165, 1.54) is 9.21 Å². The topological polar surface area (TPSA) is 98.2 Å². The first kappa shape index (κ1) is 17.0. The molecule has 1 atom stereocenters. The van der Waals surface area contributed by atoms with Crippen LogP contribution in [-0.2, 0) is 14.8 Å². The lowest BCUT2D eigenvalue weighted by Gasteiger charge is -2.33. The van der Waals surface area contributed by atoms with Gasteiger partial charge in [0, 0.05) is 39.3 Å². The van der Waals surface area contributed by atoms with Crippen LogP contribution in [0, 0.1) is 5.92 Å². The molecule has 8 nitrogen and oxygen atoms in total. The van der Waals surface area contributed by atoms with Crippen molar-refractivity contribution in [1.82, 2.24) is 14.1 Å². The number of piperidine rings is 1. The van der Waals surface area contributed by atoms with Gasteiger partial charge < -0.3 is 14.9 Å². The molecule has 1 unspecified atom stereocenters. The van der Waals surface area contributed by atoms with Crippen LogP contribution in [0.1, 0.15) is 19.3 Å². The predicted molar refractivity (Wildman–Crippen MR) is 79.9 cm³/mol. The van der Waals surface area contributed by atoms with Gasteiger partial charge in [-0.15, -0.1) is 0 Å². The van der Waals surface area contributed by atoms with E-state index in [2.05, 4.69) is 0 Å². The van der Waals surface area contributed by atoms with Crippen molar-refractivity contribution in [3.8, 4) is 0 Å². The van der Waals surface area contributed by atoms with Crippen molar-refractivity contribution in [2.24, 2.45) is 5.92 Å². The maximum Gasteiger partial charge on any atom is 0.407 e. The Balaban J connectivity index is 1.97. The van der Waals surface area contributed by atoms with Gasteiger partial charge in [0.1, 0.15) is 0 Å². The third-order valence-corrected chi connectivity index (χ3v) is 5.55. The van der Waals surface area contributed by atoms with E-state index in [1.54, 1.807) is 4.90 Å². The molecular weight excluding hydrogens is 310 g/mol. The van der Waals surface area contributed by atoms with E-state index in [4.69, 9.17) is 5.11 Å². The summed E-state index contributed by atoms with van der Waals surface area (Å²) in [5.74, 6) is -0.375. The summed E-state index contributed by atoms with van der Waals surface area (Å²) in [5, 5.41) is 9.01. The molecule has 2 aliphatic heterocycles. The second-order valence-corrected chi connectivity index (χ2v) is 7.89. The Morgan fingerprint density at radius 1 is 1.00 bits per heavy atom.